The van der Waals surface area contributed by atoms with Gasteiger partial charge in [0.15, 0.2) is 5.78 Å². The first-order valence-corrected chi connectivity index (χ1v) is 8.93. The van der Waals surface area contributed by atoms with Crippen molar-refractivity contribution in [3.05, 3.63) is 11.6 Å². The molecule has 4 aliphatic carbocycles. The van der Waals surface area contributed by atoms with Crippen molar-refractivity contribution in [2.75, 3.05) is 0 Å². The topological polar surface area (TPSA) is 37.3 Å². The Hall–Kier alpha value is -0.630. The molecule has 1 N–H and O–H groups in total. The van der Waals surface area contributed by atoms with Gasteiger partial charge in [-0.15, -0.1) is 0 Å². The predicted octanol–water partition coefficient (Wildman–Crippen LogP) is 3.74. The minimum absolute atomic E-state index is 0.0766. The third kappa shape index (κ3) is 1.91. The summed E-state index contributed by atoms with van der Waals surface area (Å²) in [6.45, 7) is 4.44. The van der Waals surface area contributed by atoms with E-state index in [1.165, 1.54) is 31.3 Å². The Morgan fingerprint density at radius 1 is 1.19 bits per heavy atom. The van der Waals surface area contributed by atoms with Gasteiger partial charge < -0.3 is 5.11 Å². The highest BCUT2D eigenvalue weighted by Gasteiger charge is 2.56. The van der Waals surface area contributed by atoms with Gasteiger partial charge in [0.05, 0.1) is 6.10 Å². The second-order valence-corrected chi connectivity index (χ2v) is 8.48. The van der Waals surface area contributed by atoms with Crippen molar-refractivity contribution in [2.24, 2.45) is 35.0 Å². The normalized spacial score (nSPS) is 52.7. The SMILES string of the molecule is CC1C[C@H]2C(=CC1=O)CC[C@@H]1[C@@H]2CC[C@]2(C)C(O)CC[C@@H]12. The number of carbonyl (C=O) groups is 1. The molecule has 116 valence electrons. The fourth-order valence-electron chi connectivity index (χ4n) is 6.33. The number of ketones is 1. The summed E-state index contributed by atoms with van der Waals surface area (Å²) in [6.07, 6.45) is 10.1. The molecule has 0 amide bonds. The van der Waals surface area contributed by atoms with Gasteiger partial charge in [0.2, 0.25) is 0 Å². The molecule has 4 aliphatic rings. The highest BCUT2D eigenvalue weighted by atomic mass is 16.3. The summed E-state index contributed by atoms with van der Waals surface area (Å²) in [5, 5.41) is 10.4. The maximum Gasteiger partial charge on any atom is 0.158 e. The fraction of sp³-hybridized carbons (Fsp3) is 0.842. The van der Waals surface area contributed by atoms with E-state index >= 15 is 0 Å². The van der Waals surface area contributed by atoms with Crippen LogP contribution in [0.5, 0.6) is 0 Å². The van der Waals surface area contributed by atoms with Crippen molar-refractivity contribution < 1.29 is 9.90 Å². The summed E-state index contributed by atoms with van der Waals surface area (Å²) in [4.78, 5) is 12.0. The predicted molar refractivity (Wildman–Crippen MR) is 82.6 cm³/mol. The lowest BCUT2D eigenvalue weighted by molar-refractivity contribution is -0.119. The highest BCUT2D eigenvalue weighted by molar-refractivity contribution is 5.93. The molecule has 0 spiro atoms. The van der Waals surface area contributed by atoms with E-state index < -0.39 is 0 Å². The van der Waals surface area contributed by atoms with Crippen LogP contribution in [0.3, 0.4) is 0 Å². The molecule has 21 heavy (non-hydrogen) atoms. The molecule has 0 saturated heterocycles. The maximum absolute atomic E-state index is 12.0. The molecule has 0 heterocycles. The first kappa shape index (κ1) is 14.0. The van der Waals surface area contributed by atoms with Gasteiger partial charge in [-0.25, -0.2) is 0 Å². The highest BCUT2D eigenvalue weighted by Crippen LogP contribution is 2.61. The van der Waals surface area contributed by atoms with Gasteiger partial charge in [-0.05, 0) is 80.1 Å². The van der Waals surface area contributed by atoms with Crippen LogP contribution < -0.4 is 0 Å². The zero-order valence-corrected chi connectivity index (χ0v) is 13.3. The zero-order valence-electron chi connectivity index (χ0n) is 13.3. The minimum atomic E-state index is -0.0766. The number of hydrogen-bond donors (Lipinski definition) is 1. The van der Waals surface area contributed by atoms with Crippen LogP contribution in [0.2, 0.25) is 0 Å². The second kappa shape index (κ2) is 4.68. The quantitative estimate of drug-likeness (QED) is 0.737. The first-order chi connectivity index (χ1) is 10.0. The van der Waals surface area contributed by atoms with E-state index in [1.807, 2.05) is 6.08 Å². The molecule has 0 aliphatic heterocycles. The lowest BCUT2D eigenvalue weighted by Gasteiger charge is -2.53. The van der Waals surface area contributed by atoms with Crippen molar-refractivity contribution in [3.63, 3.8) is 0 Å². The van der Waals surface area contributed by atoms with E-state index in [9.17, 15) is 9.90 Å². The van der Waals surface area contributed by atoms with Crippen LogP contribution in [0.15, 0.2) is 11.6 Å². The Bertz CT molecular complexity index is 494. The molecule has 0 aromatic rings. The summed E-state index contributed by atoms with van der Waals surface area (Å²) in [5.41, 5.74) is 1.64. The summed E-state index contributed by atoms with van der Waals surface area (Å²) in [6, 6.07) is 0. The number of aliphatic hydroxyl groups excluding tert-OH is 1. The van der Waals surface area contributed by atoms with Crippen LogP contribution in [0, 0.1) is 35.0 Å². The second-order valence-electron chi connectivity index (χ2n) is 8.48. The minimum Gasteiger partial charge on any atom is -0.393 e. The number of aliphatic hydroxyl groups is 1. The average molecular weight is 288 g/mol. The number of fused-ring (bicyclic) bond motifs is 5. The van der Waals surface area contributed by atoms with Gasteiger partial charge in [-0.3, -0.25) is 4.79 Å². The van der Waals surface area contributed by atoms with Gasteiger partial charge in [-0.2, -0.15) is 0 Å². The largest absolute Gasteiger partial charge is 0.393 e. The Morgan fingerprint density at radius 3 is 2.81 bits per heavy atom. The summed E-state index contributed by atoms with van der Waals surface area (Å²) < 4.78 is 0. The molecule has 2 nitrogen and oxygen atoms in total. The van der Waals surface area contributed by atoms with Gasteiger partial charge in [0, 0.05) is 5.92 Å². The Balaban J connectivity index is 1.63. The van der Waals surface area contributed by atoms with E-state index in [0.717, 1.165) is 37.0 Å². The van der Waals surface area contributed by atoms with Crippen molar-refractivity contribution in [1.82, 2.24) is 0 Å². The molecule has 2 heteroatoms. The monoisotopic (exact) mass is 288 g/mol. The number of rotatable bonds is 0. The summed E-state index contributed by atoms with van der Waals surface area (Å²) >= 11 is 0. The zero-order chi connectivity index (χ0) is 14.8. The van der Waals surface area contributed by atoms with Gasteiger partial charge >= 0.3 is 0 Å². The van der Waals surface area contributed by atoms with Crippen LogP contribution in [-0.2, 0) is 4.79 Å². The van der Waals surface area contributed by atoms with E-state index in [1.54, 1.807) is 0 Å². The number of allylic oxidation sites excluding steroid dienone is 1. The van der Waals surface area contributed by atoms with Gasteiger partial charge in [0.1, 0.15) is 0 Å². The number of carbonyl (C=O) groups excluding carboxylic acids is 1. The molecular formula is C19H28O2. The van der Waals surface area contributed by atoms with E-state index in [4.69, 9.17) is 0 Å². The molecule has 2 unspecified atom stereocenters. The van der Waals surface area contributed by atoms with E-state index in [0.29, 0.717) is 11.7 Å². The molecular weight excluding hydrogens is 260 g/mol. The summed E-state index contributed by atoms with van der Waals surface area (Å²) in [5.74, 6) is 3.54. The maximum atomic E-state index is 12.0. The molecule has 3 fully saturated rings. The fourth-order valence-corrected chi connectivity index (χ4v) is 6.33. The van der Waals surface area contributed by atoms with Crippen LogP contribution in [0.4, 0.5) is 0 Å². The van der Waals surface area contributed by atoms with E-state index in [2.05, 4.69) is 13.8 Å². The Morgan fingerprint density at radius 2 is 2.00 bits per heavy atom. The Labute approximate surface area is 128 Å². The smallest absolute Gasteiger partial charge is 0.158 e. The van der Waals surface area contributed by atoms with Crippen LogP contribution in [-0.4, -0.2) is 17.0 Å². The lowest BCUT2D eigenvalue weighted by Crippen LogP contribution is -2.48. The third-order valence-corrected chi connectivity index (χ3v) is 7.62. The van der Waals surface area contributed by atoms with Gasteiger partial charge in [-0.1, -0.05) is 19.4 Å². The molecule has 0 bridgehead atoms. The van der Waals surface area contributed by atoms with Gasteiger partial charge in [0.25, 0.3) is 0 Å². The number of hydrogen-bond acceptors (Lipinski definition) is 2. The molecule has 7 atom stereocenters. The molecule has 0 aromatic carbocycles. The van der Waals surface area contributed by atoms with Crippen LogP contribution >= 0.6 is 0 Å². The standard InChI is InChI=1S/C19H28O2/c1-11-9-15-12(10-17(11)20)3-4-14-13(15)7-8-19(2)16(14)5-6-18(19)21/h10-11,13-16,18,21H,3-9H2,1-2H3/t11?,13-,14+,15-,16-,18?,19-/m0/s1. The van der Waals surface area contributed by atoms with Crippen molar-refractivity contribution in [2.45, 2.75) is 64.9 Å². The molecule has 0 aromatic heterocycles. The van der Waals surface area contributed by atoms with E-state index in [-0.39, 0.29) is 17.4 Å². The van der Waals surface area contributed by atoms with Crippen molar-refractivity contribution in [1.29, 1.82) is 0 Å². The average Bonchev–Trinajstić information content (AvgIpc) is 2.76. The van der Waals surface area contributed by atoms with Crippen molar-refractivity contribution >= 4 is 5.78 Å². The first-order valence-electron chi connectivity index (χ1n) is 8.93. The summed E-state index contributed by atoms with van der Waals surface area (Å²) in [7, 11) is 0. The van der Waals surface area contributed by atoms with Crippen LogP contribution in [0.25, 0.3) is 0 Å². The third-order valence-electron chi connectivity index (χ3n) is 7.62. The lowest BCUT2D eigenvalue weighted by atomic mass is 9.51. The Kier molecular flexibility index (Phi) is 3.12. The van der Waals surface area contributed by atoms with Crippen molar-refractivity contribution in [3.8, 4) is 0 Å². The van der Waals surface area contributed by atoms with Crippen LogP contribution in [0.1, 0.15) is 58.8 Å². The molecule has 4 rings (SSSR count). The molecule has 0 radical (unpaired) electrons. The molecule has 3 saturated carbocycles.